The molecule has 96 valence electrons. The average Bonchev–Trinajstić information content (AvgIpc) is 3.04. The van der Waals surface area contributed by atoms with Crippen LogP contribution in [0.4, 0.5) is 8.78 Å². The van der Waals surface area contributed by atoms with Gasteiger partial charge >= 0.3 is 5.97 Å². The van der Waals surface area contributed by atoms with Gasteiger partial charge in [0.25, 0.3) is 0 Å². The van der Waals surface area contributed by atoms with E-state index in [-0.39, 0.29) is 6.54 Å². The van der Waals surface area contributed by atoms with Gasteiger partial charge in [0.1, 0.15) is 11.6 Å². The van der Waals surface area contributed by atoms with Gasteiger partial charge in [-0.25, -0.2) is 8.78 Å². The van der Waals surface area contributed by atoms with Gasteiger partial charge in [0.2, 0.25) is 5.91 Å². The maximum absolute atomic E-state index is 12.9. The van der Waals surface area contributed by atoms with Crippen molar-refractivity contribution in [2.45, 2.75) is 13.0 Å². The monoisotopic (exact) mass is 255 g/mol. The Balaban J connectivity index is 1.88. The van der Waals surface area contributed by atoms with Crippen LogP contribution in [0.3, 0.4) is 0 Å². The smallest absolute Gasteiger partial charge is 0.307 e. The summed E-state index contributed by atoms with van der Waals surface area (Å²) in [6, 6.07) is 2.97. The first-order chi connectivity index (χ1) is 8.47. The topological polar surface area (TPSA) is 66.4 Å². The van der Waals surface area contributed by atoms with E-state index in [1.807, 2.05) is 0 Å². The standard InChI is InChI=1S/C12H11F2NO3/c13-7-1-6(2-8(14)3-7)5-15-11(16)9-4-10(9)12(17)18/h1-3,9-10H,4-5H2,(H,15,16)(H,17,18)/t9-,10-/m0/s1. The van der Waals surface area contributed by atoms with Crippen LogP contribution in [0.25, 0.3) is 0 Å². The molecule has 18 heavy (non-hydrogen) atoms. The number of carbonyl (C=O) groups is 2. The van der Waals surface area contributed by atoms with Crippen molar-refractivity contribution < 1.29 is 23.5 Å². The Morgan fingerprint density at radius 3 is 2.33 bits per heavy atom. The van der Waals surface area contributed by atoms with Crippen molar-refractivity contribution in [3.05, 3.63) is 35.4 Å². The molecule has 1 amide bonds. The number of halogens is 2. The molecule has 0 aromatic heterocycles. The Kier molecular flexibility index (Phi) is 3.27. The van der Waals surface area contributed by atoms with E-state index in [9.17, 15) is 18.4 Å². The molecule has 6 heteroatoms. The molecule has 1 fully saturated rings. The lowest BCUT2D eigenvalue weighted by molar-refractivity contribution is -0.140. The van der Waals surface area contributed by atoms with Crippen LogP contribution in [-0.2, 0) is 16.1 Å². The van der Waals surface area contributed by atoms with Crippen LogP contribution in [0, 0.1) is 23.5 Å². The normalized spacial score (nSPS) is 21.4. The Morgan fingerprint density at radius 2 is 1.83 bits per heavy atom. The highest BCUT2D eigenvalue weighted by molar-refractivity contribution is 5.89. The number of rotatable bonds is 4. The summed E-state index contributed by atoms with van der Waals surface area (Å²) in [6.07, 6.45) is 0.318. The number of hydrogen-bond donors (Lipinski definition) is 2. The van der Waals surface area contributed by atoms with Crippen LogP contribution in [0.2, 0.25) is 0 Å². The highest BCUT2D eigenvalue weighted by atomic mass is 19.1. The summed E-state index contributed by atoms with van der Waals surface area (Å²) in [7, 11) is 0. The second kappa shape index (κ2) is 4.72. The average molecular weight is 255 g/mol. The predicted octanol–water partition coefficient (Wildman–Crippen LogP) is 1.30. The highest BCUT2D eigenvalue weighted by Gasteiger charge is 2.48. The van der Waals surface area contributed by atoms with Gasteiger partial charge in [-0.05, 0) is 24.1 Å². The van der Waals surface area contributed by atoms with Crippen LogP contribution in [0.5, 0.6) is 0 Å². The molecule has 1 saturated carbocycles. The molecular formula is C12H11F2NO3. The van der Waals surface area contributed by atoms with Gasteiger partial charge in [-0.3, -0.25) is 9.59 Å². The molecule has 0 bridgehead atoms. The molecular weight excluding hydrogens is 244 g/mol. The van der Waals surface area contributed by atoms with Crippen molar-refractivity contribution in [2.24, 2.45) is 11.8 Å². The first kappa shape index (κ1) is 12.5. The number of carboxylic acids is 1. The number of aliphatic carboxylic acids is 1. The van der Waals surface area contributed by atoms with Gasteiger partial charge in [0, 0.05) is 12.6 Å². The largest absolute Gasteiger partial charge is 0.481 e. The van der Waals surface area contributed by atoms with E-state index in [1.165, 1.54) is 0 Å². The van der Waals surface area contributed by atoms with E-state index in [2.05, 4.69) is 5.32 Å². The Morgan fingerprint density at radius 1 is 1.22 bits per heavy atom. The zero-order valence-corrected chi connectivity index (χ0v) is 9.32. The minimum Gasteiger partial charge on any atom is -0.481 e. The van der Waals surface area contributed by atoms with Crippen molar-refractivity contribution >= 4 is 11.9 Å². The first-order valence-corrected chi connectivity index (χ1v) is 5.43. The lowest BCUT2D eigenvalue weighted by Crippen LogP contribution is -2.26. The Hall–Kier alpha value is -1.98. The third-order valence-electron chi connectivity index (χ3n) is 2.83. The van der Waals surface area contributed by atoms with Crippen molar-refractivity contribution in [3.63, 3.8) is 0 Å². The molecule has 4 nitrogen and oxygen atoms in total. The summed E-state index contributed by atoms with van der Waals surface area (Å²) in [4.78, 5) is 22.1. The highest BCUT2D eigenvalue weighted by Crippen LogP contribution is 2.38. The molecule has 0 unspecified atom stereocenters. The van der Waals surface area contributed by atoms with Crippen LogP contribution >= 0.6 is 0 Å². The minimum atomic E-state index is -0.994. The van der Waals surface area contributed by atoms with Gasteiger partial charge in [0.15, 0.2) is 0 Å². The Labute approximate surface area is 102 Å². The zero-order valence-electron chi connectivity index (χ0n) is 9.32. The second-order valence-electron chi connectivity index (χ2n) is 4.28. The van der Waals surface area contributed by atoms with E-state index in [4.69, 9.17) is 5.11 Å². The number of amides is 1. The van der Waals surface area contributed by atoms with Gasteiger partial charge in [-0.2, -0.15) is 0 Å². The fourth-order valence-corrected chi connectivity index (χ4v) is 1.79. The van der Waals surface area contributed by atoms with Crippen LogP contribution in [-0.4, -0.2) is 17.0 Å². The summed E-state index contributed by atoms with van der Waals surface area (Å²) in [6.45, 7) is -0.0175. The number of carboxylic acid groups (broad SMARTS) is 1. The van der Waals surface area contributed by atoms with Crippen LogP contribution in [0.15, 0.2) is 18.2 Å². The molecule has 2 rings (SSSR count). The van der Waals surface area contributed by atoms with E-state index in [0.29, 0.717) is 12.0 Å². The summed E-state index contributed by atoms with van der Waals surface area (Å²) in [5.74, 6) is -3.97. The number of nitrogens with one attached hydrogen (secondary N) is 1. The van der Waals surface area contributed by atoms with E-state index >= 15 is 0 Å². The molecule has 1 aromatic rings. The molecule has 0 radical (unpaired) electrons. The second-order valence-corrected chi connectivity index (χ2v) is 4.28. The maximum Gasteiger partial charge on any atom is 0.307 e. The summed E-state index contributed by atoms with van der Waals surface area (Å²) < 4.78 is 25.7. The molecule has 0 saturated heterocycles. The third kappa shape index (κ3) is 2.82. The summed E-state index contributed by atoms with van der Waals surface area (Å²) in [5.41, 5.74) is 0.299. The summed E-state index contributed by atoms with van der Waals surface area (Å²) >= 11 is 0. The molecule has 0 heterocycles. The fourth-order valence-electron chi connectivity index (χ4n) is 1.79. The molecule has 2 atom stereocenters. The number of benzene rings is 1. The molecule has 0 spiro atoms. The summed E-state index contributed by atoms with van der Waals surface area (Å²) in [5, 5.41) is 11.1. The maximum atomic E-state index is 12.9. The number of carbonyl (C=O) groups excluding carboxylic acids is 1. The lowest BCUT2D eigenvalue weighted by atomic mass is 10.2. The number of hydrogen-bond acceptors (Lipinski definition) is 2. The predicted molar refractivity (Wildman–Crippen MR) is 57.4 cm³/mol. The van der Waals surface area contributed by atoms with Gasteiger partial charge < -0.3 is 10.4 Å². The zero-order chi connectivity index (χ0) is 13.3. The molecule has 1 aliphatic carbocycles. The molecule has 1 aromatic carbocycles. The Bertz CT molecular complexity index is 484. The lowest BCUT2D eigenvalue weighted by Gasteiger charge is -2.05. The van der Waals surface area contributed by atoms with Crippen molar-refractivity contribution in [1.29, 1.82) is 0 Å². The SMILES string of the molecule is O=C(O)[C@H]1C[C@@H]1C(=O)NCc1cc(F)cc(F)c1. The fraction of sp³-hybridized carbons (Fsp3) is 0.333. The van der Waals surface area contributed by atoms with Crippen molar-refractivity contribution in [2.75, 3.05) is 0 Å². The van der Waals surface area contributed by atoms with Crippen LogP contribution in [0.1, 0.15) is 12.0 Å². The van der Waals surface area contributed by atoms with Crippen LogP contribution < -0.4 is 5.32 Å². The minimum absolute atomic E-state index is 0.0175. The third-order valence-corrected chi connectivity index (χ3v) is 2.83. The first-order valence-electron chi connectivity index (χ1n) is 5.43. The van der Waals surface area contributed by atoms with E-state index in [1.54, 1.807) is 0 Å². The van der Waals surface area contributed by atoms with Gasteiger partial charge in [-0.15, -0.1) is 0 Å². The molecule has 1 aliphatic rings. The molecule has 2 N–H and O–H groups in total. The van der Waals surface area contributed by atoms with E-state index in [0.717, 1.165) is 18.2 Å². The van der Waals surface area contributed by atoms with Gasteiger partial charge in [0.05, 0.1) is 11.8 Å². The van der Waals surface area contributed by atoms with Gasteiger partial charge in [-0.1, -0.05) is 0 Å². The quantitative estimate of drug-likeness (QED) is 0.852. The van der Waals surface area contributed by atoms with Crippen molar-refractivity contribution in [3.8, 4) is 0 Å². The van der Waals surface area contributed by atoms with E-state index < -0.39 is 35.3 Å². The molecule has 0 aliphatic heterocycles. The van der Waals surface area contributed by atoms with Crippen molar-refractivity contribution in [1.82, 2.24) is 5.32 Å².